The second kappa shape index (κ2) is 4.82. The highest BCUT2D eigenvalue weighted by molar-refractivity contribution is 5.75. The van der Waals surface area contributed by atoms with Crippen molar-refractivity contribution < 1.29 is 14.6 Å². The molecular formula is C12H22N2O3. The summed E-state index contributed by atoms with van der Waals surface area (Å²) in [6.07, 6.45) is 1.94. The van der Waals surface area contributed by atoms with Crippen LogP contribution in [0.15, 0.2) is 0 Å². The molecule has 0 saturated carbocycles. The summed E-state index contributed by atoms with van der Waals surface area (Å²) in [6.45, 7) is 6.69. The van der Waals surface area contributed by atoms with E-state index in [0.717, 1.165) is 25.9 Å². The summed E-state index contributed by atoms with van der Waals surface area (Å²) in [6, 6.07) is 0.0947. The van der Waals surface area contributed by atoms with Crippen molar-refractivity contribution in [3.8, 4) is 0 Å². The molecule has 0 radical (unpaired) electrons. The number of amides is 2. The first-order valence-corrected chi connectivity index (χ1v) is 6.34. The second-order valence-corrected chi connectivity index (χ2v) is 5.54. The van der Waals surface area contributed by atoms with E-state index in [1.807, 2.05) is 23.6 Å². The van der Waals surface area contributed by atoms with Crippen molar-refractivity contribution in [3.63, 3.8) is 0 Å². The molecule has 0 aromatic carbocycles. The molecule has 2 heterocycles. The normalized spacial score (nSPS) is 28.5. The molecule has 17 heavy (non-hydrogen) atoms. The highest BCUT2D eigenvalue weighted by Crippen LogP contribution is 2.22. The van der Waals surface area contributed by atoms with Gasteiger partial charge >= 0.3 is 6.03 Å². The third-order valence-corrected chi connectivity index (χ3v) is 3.33. The molecule has 2 saturated heterocycles. The lowest BCUT2D eigenvalue weighted by atomic mass is 10.1. The van der Waals surface area contributed by atoms with Gasteiger partial charge in [0, 0.05) is 13.1 Å². The average Bonchev–Trinajstić information content (AvgIpc) is 2.79. The van der Waals surface area contributed by atoms with Crippen LogP contribution in [0.25, 0.3) is 0 Å². The first-order chi connectivity index (χ1) is 8.02. The minimum absolute atomic E-state index is 0.0345. The summed E-state index contributed by atoms with van der Waals surface area (Å²) in [7, 11) is 0. The third-order valence-electron chi connectivity index (χ3n) is 3.33. The van der Waals surface area contributed by atoms with Gasteiger partial charge in [-0.25, -0.2) is 4.79 Å². The number of likely N-dealkylation sites (tertiary alicyclic amines) is 1. The van der Waals surface area contributed by atoms with Gasteiger partial charge in [-0.1, -0.05) is 0 Å². The van der Waals surface area contributed by atoms with Crippen molar-refractivity contribution in [1.29, 1.82) is 0 Å². The van der Waals surface area contributed by atoms with Crippen molar-refractivity contribution in [2.75, 3.05) is 32.8 Å². The van der Waals surface area contributed by atoms with E-state index in [-0.39, 0.29) is 24.3 Å². The monoisotopic (exact) mass is 242 g/mol. The van der Waals surface area contributed by atoms with Crippen LogP contribution in [-0.2, 0) is 4.74 Å². The smallest absolute Gasteiger partial charge is 0.320 e. The van der Waals surface area contributed by atoms with Gasteiger partial charge in [-0.05, 0) is 26.7 Å². The molecule has 1 N–H and O–H groups in total. The molecule has 5 heteroatoms. The zero-order chi connectivity index (χ0) is 12.5. The largest absolute Gasteiger partial charge is 0.394 e. The molecule has 2 fully saturated rings. The first-order valence-electron chi connectivity index (χ1n) is 6.34. The highest BCUT2D eigenvalue weighted by atomic mass is 16.5. The lowest BCUT2D eigenvalue weighted by Crippen LogP contribution is -2.58. The molecule has 2 rings (SSSR count). The fraction of sp³-hybridized carbons (Fsp3) is 0.917. The van der Waals surface area contributed by atoms with Crippen LogP contribution >= 0.6 is 0 Å². The van der Waals surface area contributed by atoms with E-state index in [2.05, 4.69) is 0 Å². The number of hydrogen-bond acceptors (Lipinski definition) is 3. The molecule has 2 aliphatic heterocycles. The standard InChI is InChI=1S/C12H22N2O3/c1-12(2)9-14(7-10(8-15)17-12)11(16)13-5-3-4-6-13/h10,15H,3-9H2,1-2H3. The number of rotatable bonds is 1. The number of aliphatic hydroxyl groups is 1. The van der Waals surface area contributed by atoms with E-state index in [4.69, 9.17) is 4.74 Å². The van der Waals surface area contributed by atoms with Gasteiger partial charge in [0.05, 0.1) is 31.4 Å². The Bertz CT molecular complexity index is 287. The maximum Gasteiger partial charge on any atom is 0.320 e. The van der Waals surface area contributed by atoms with Gasteiger partial charge in [0.15, 0.2) is 0 Å². The van der Waals surface area contributed by atoms with Crippen molar-refractivity contribution in [2.24, 2.45) is 0 Å². The number of nitrogens with zero attached hydrogens (tertiary/aromatic N) is 2. The molecule has 0 bridgehead atoms. The van der Waals surface area contributed by atoms with Gasteiger partial charge in [-0.15, -0.1) is 0 Å². The molecule has 2 aliphatic rings. The predicted octanol–water partition coefficient (Wildman–Crippen LogP) is 0.674. The van der Waals surface area contributed by atoms with Gasteiger partial charge in [0.2, 0.25) is 0 Å². The van der Waals surface area contributed by atoms with E-state index in [1.54, 1.807) is 0 Å². The molecule has 0 spiro atoms. The minimum atomic E-state index is -0.374. The average molecular weight is 242 g/mol. The molecule has 1 atom stereocenters. The Morgan fingerprint density at radius 2 is 2.00 bits per heavy atom. The Balaban J connectivity index is 2.01. The van der Waals surface area contributed by atoms with E-state index in [0.29, 0.717) is 13.1 Å². The Hall–Kier alpha value is -0.810. The molecule has 5 nitrogen and oxygen atoms in total. The highest BCUT2D eigenvalue weighted by Gasteiger charge is 2.37. The zero-order valence-electron chi connectivity index (χ0n) is 10.7. The van der Waals surface area contributed by atoms with Crippen LogP contribution < -0.4 is 0 Å². The number of hydrogen-bond donors (Lipinski definition) is 1. The summed E-state index contributed by atoms with van der Waals surface area (Å²) < 4.78 is 5.70. The van der Waals surface area contributed by atoms with Crippen LogP contribution in [0.5, 0.6) is 0 Å². The number of urea groups is 1. The van der Waals surface area contributed by atoms with Crippen molar-refractivity contribution in [3.05, 3.63) is 0 Å². The van der Waals surface area contributed by atoms with Crippen LogP contribution in [0.4, 0.5) is 4.79 Å². The Kier molecular flexibility index (Phi) is 3.58. The summed E-state index contributed by atoms with van der Waals surface area (Å²) >= 11 is 0. The van der Waals surface area contributed by atoms with Crippen molar-refractivity contribution in [2.45, 2.75) is 38.4 Å². The third kappa shape index (κ3) is 2.90. The van der Waals surface area contributed by atoms with Crippen molar-refractivity contribution >= 4 is 6.03 Å². The van der Waals surface area contributed by atoms with E-state index >= 15 is 0 Å². The molecule has 2 amide bonds. The molecule has 98 valence electrons. The fourth-order valence-electron chi connectivity index (χ4n) is 2.64. The van der Waals surface area contributed by atoms with Gasteiger partial charge in [0.1, 0.15) is 0 Å². The molecule has 1 unspecified atom stereocenters. The maximum absolute atomic E-state index is 12.3. The predicted molar refractivity (Wildman–Crippen MR) is 63.8 cm³/mol. The Labute approximate surface area is 102 Å². The van der Waals surface area contributed by atoms with Gasteiger partial charge in [0.25, 0.3) is 0 Å². The lowest BCUT2D eigenvalue weighted by Gasteiger charge is -2.43. The maximum atomic E-state index is 12.3. The SMILES string of the molecule is CC1(C)CN(C(=O)N2CCCC2)CC(CO)O1. The number of aliphatic hydroxyl groups excluding tert-OH is 1. The minimum Gasteiger partial charge on any atom is -0.394 e. The van der Waals surface area contributed by atoms with E-state index < -0.39 is 0 Å². The molecule has 0 aliphatic carbocycles. The fourth-order valence-corrected chi connectivity index (χ4v) is 2.64. The number of morpholine rings is 1. The molecular weight excluding hydrogens is 220 g/mol. The van der Waals surface area contributed by atoms with Crippen LogP contribution in [0.2, 0.25) is 0 Å². The topological polar surface area (TPSA) is 53.0 Å². The van der Waals surface area contributed by atoms with Crippen molar-refractivity contribution in [1.82, 2.24) is 9.80 Å². The van der Waals surface area contributed by atoms with Crippen LogP contribution in [0.1, 0.15) is 26.7 Å². The van der Waals surface area contributed by atoms with Gasteiger partial charge < -0.3 is 19.6 Å². The lowest BCUT2D eigenvalue weighted by molar-refractivity contribution is -0.140. The van der Waals surface area contributed by atoms with Crippen LogP contribution in [0.3, 0.4) is 0 Å². The Morgan fingerprint density at radius 3 is 2.59 bits per heavy atom. The number of ether oxygens (including phenoxy) is 1. The van der Waals surface area contributed by atoms with E-state index in [1.165, 1.54) is 0 Å². The molecule has 0 aromatic rings. The van der Waals surface area contributed by atoms with Crippen LogP contribution in [0, 0.1) is 0 Å². The summed E-state index contributed by atoms with van der Waals surface area (Å²) in [5.41, 5.74) is -0.374. The summed E-state index contributed by atoms with van der Waals surface area (Å²) in [4.78, 5) is 16.0. The quantitative estimate of drug-likeness (QED) is 0.735. The first kappa shape index (κ1) is 12.6. The molecule has 0 aromatic heterocycles. The second-order valence-electron chi connectivity index (χ2n) is 5.54. The number of carbonyl (C=O) groups excluding carboxylic acids is 1. The Morgan fingerprint density at radius 1 is 1.35 bits per heavy atom. The van der Waals surface area contributed by atoms with Gasteiger partial charge in [-0.2, -0.15) is 0 Å². The van der Waals surface area contributed by atoms with Crippen LogP contribution in [-0.4, -0.2) is 65.4 Å². The van der Waals surface area contributed by atoms with Gasteiger partial charge in [-0.3, -0.25) is 0 Å². The summed E-state index contributed by atoms with van der Waals surface area (Å²) in [5.74, 6) is 0. The zero-order valence-corrected chi connectivity index (χ0v) is 10.7. The summed E-state index contributed by atoms with van der Waals surface area (Å²) in [5, 5.41) is 9.21. The number of carbonyl (C=O) groups is 1. The van der Waals surface area contributed by atoms with E-state index in [9.17, 15) is 9.90 Å².